The van der Waals surface area contributed by atoms with Crippen molar-refractivity contribution in [2.45, 2.75) is 25.9 Å². The van der Waals surface area contributed by atoms with Crippen LogP contribution in [0.3, 0.4) is 0 Å². The summed E-state index contributed by atoms with van der Waals surface area (Å²) in [6, 6.07) is 11.7. The summed E-state index contributed by atoms with van der Waals surface area (Å²) >= 11 is 1.42. The highest BCUT2D eigenvalue weighted by Crippen LogP contribution is 2.20. The normalized spacial score (nSPS) is 11.9. The summed E-state index contributed by atoms with van der Waals surface area (Å²) in [7, 11) is 0. The van der Waals surface area contributed by atoms with Crippen LogP contribution in [-0.2, 0) is 22.4 Å². The first-order valence-electron chi connectivity index (χ1n) is 7.66. The largest absolute Gasteiger partial charge is 0.462 e. The number of benzene rings is 1. The molecule has 5 nitrogen and oxygen atoms in total. The number of rotatable bonds is 6. The van der Waals surface area contributed by atoms with Crippen LogP contribution in [0.25, 0.3) is 10.8 Å². The maximum Gasteiger partial charge on any atom is 0.312 e. The number of thiazole rings is 1. The van der Waals surface area contributed by atoms with Crippen molar-refractivity contribution in [2.75, 3.05) is 0 Å². The molecule has 0 spiro atoms. The predicted octanol–water partition coefficient (Wildman–Crippen LogP) is 3.32. The van der Waals surface area contributed by atoms with Gasteiger partial charge in [-0.25, -0.2) is 15.0 Å². The zero-order chi connectivity index (χ0) is 16.8. The molecular weight excluding hydrogens is 322 g/mol. The van der Waals surface area contributed by atoms with Gasteiger partial charge in [-0.05, 0) is 18.6 Å². The molecule has 1 aromatic carbocycles. The molecule has 24 heavy (non-hydrogen) atoms. The van der Waals surface area contributed by atoms with E-state index in [1.54, 1.807) is 18.5 Å². The van der Waals surface area contributed by atoms with Crippen LogP contribution < -0.4 is 0 Å². The van der Waals surface area contributed by atoms with Gasteiger partial charge in [0.15, 0.2) is 10.8 Å². The third-order valence-electron chi connectivity index (χ3n) is 3.33. The van der Waals surface area contributed by atoms with Crippen molar-refractivity contribution in [3.05, 3.63) is 65.4 Å². The molecule has 0 amide bonds. The van der Waals surface area contributed by atoms with Gasteiger partial charge < -0.3 is 4.74 Å². The van der Waals surface area contributed by atoms with Crippen molar-refractivity contribution in [1.29, 1.82) is 0 Å². The van der Waals surface area contributed by atoms with Crippen LogP contribution in [0, 0.1) is 0 Å². The Morgan fingerprint density at radius 3 is 2.67 bits per heavy atom. The number of hydrogen-bond acceptors (Lipinski definition) is 6. The molecule has 122 valence electrons. The van der Waals surface area contributed by atoms with Crippen molar-refractivity contribution in [2.24, 2.45) is 0 Å². The lowest BCUT2D eigenvalue weighted by atomic mass is 10.1. The Balaban J connectivity index is 1.54. The van der Waals surface area contributed by atoms with E-state index in [4.69, 9.17) is 4.74 Å². The highest BCUT2D eigenvalue weighted by Gasteiger charge is 2.14. The van der Waals surface area contributed by atoms with Gasteiger partial charge in [0.2, 0.25) is 0 Å². The van der Waals surface area contributed by atoms with E-state index in [0.717, 1.165) is 5.56 Å². The molecule has 0 aliphatic heterocycles. The van der Waals surface area contributed by atoms with Crippen LogP contribution in [0.5, 0.6) is 0 Å². The van der Waals surface area contributed by atoms with E-state index in [0.29, 0.717) is 22.9 Å². The van der Waals surface area contributed by atoms with Gasteiger partial charge in [-0.15, -0.1) is 11.3 Å². The summed E-state index contributed by atoms with van der Waals surface area (Å²) in [4.78, 5) is 24.8. The van der Waals surface area contributed by atoms with Gasteiger partial charge in [0.1, 0.15) is 6.10 Å². The average molecular weight is 339 g/mol. The number of esters is 1. The number of carbonyl (C=O) groups is 1. The van der Waals surface area contributed by atoms with E-state index in [-0.39, 0.29) is 18.5 Å². The molecule has 0 bridgehead atoms. The fraction of sp³-hybridized carbons (Fsp3) is 0.222. The fourth-order valence-electron chi connectivity index (χ4n) is 2.30. The second-order valence-corrected chi connectivity index (χ2v) is 6.24. The van der Waals surface area contributed by atoms with Crippen LogP contribution in [0.2, 0.25) is 0 Å². The molecule has 0 radical (unpaired) electrons. The molecule has 2 aromatic heterocycles. The van der Waals surface area contributed by atoms with Crippen molar-refractivity contribution in [3.8, 4) is 10.8 Å². The summed E-state index contributed by atoms with van der Waals surface area (Å²) in [5.41, 5.74) is 1.83. The Bertz CT molecular complexity index is 790. The molecule has 3 rings (SSSR count). The first kappa shape index (κ1) is 16.3. The van der Waals surface area contributed by atoms with E-state index in [1.165, 1.54) is 11.3 Å². The minimum absolute atomic E-state index is 0.155. The molecule has 0 fully saturated rings. The minimum Gasteiger partial charge on any atom is -0.462 e. The van der Waals surface area contributed by atoms with Gasteiger partial charge in [-0.3, -0.25) is 4.79 Å². The summed E-state index contributed by atoms with van der Waals surface area (Å²) in [5.74, 6) is 0.295. The van der Waals surface area contributed by atoms with Crippen molar-refractivity contribution < 1.29 is 9.53 Å². The Labute approximate surface area is 144 Å². The monoisotopic (exact) mass is 339 g/mol. The molecule has 0 N–H and O–H groups in total. The first-order valence-corrected chi connectivity index (χ1v) is 8.54. The lowest BCUT2D eigenvalue weighted by molar-refractivity contribution is -0.147. The fourth-order valence-corrected chi connectivity index (χ4v) is 3.07. The van der Waals surface area contributed by atoms with Gasteiger partial charge >= 0.3 is 5.97 Å². The summed E-state index contributed by atoms with van der Waals surface area (Å²) < 4.78 is 5.47. The maximum absolute atomic E-state index is 12.1. The van der Waals surface area contributed by atoms with E-state index in [2.05, 4.69) is 15.0 Å². The van der Waals surface area contributed by atoms with Crippen molar-refractivity contribution >= 4 is 17.3 Å². The lowest BCUT2D eigenvalue weighted by Crippen LogP contribution is -2.18. The van der Waals surface area contributed by atoms with Gasteiger partial charge in [-0.2, -0.15) is 0 Å². The average Bonchev–Trinajstić information content (AvgIpc) is 3.04. The second kappa shape index (κ2) is 7.79. The van der Waals surface area contributed by atoms with Gasteiger partial charge in [0.25, 0.3) is 0 Å². The Morgan fingerprint density at radius 2 is 1.92 bits per heavy atom. The molecule has 2 heterocycles. The van der Waals surface area contributed by atoms with Gasteiger partial charge in [-0.1, -0.05) is 30.3 Å². The van der Waals surface area contributed by atoms with Crippen molar-refractivity contribution in [1.82, 2.24) is 15.0 Å². The summed E-state index contributed by atoms with van der Waals surface area (Å²) in [6.45, 7) is 1.90. The van der Waals surface area contributed by atoms with Crippen LogP contribution in [0.4, 0.5) is 0 Å². The number of carbonyl (C=O) groups excluding carboxylic acids is 1. The SMILES string of the molecule is C[C@H](Cc1ccccc1)OC(=O)Cc1csc(-c2ncccn2)n1. The summed E-state index contributed by atoms with van der Waals surface area (Å²) in [5, 5.41) is 2.55. The molecule has 0 aliphatic carbocycles. The van der Waals surface area contributed by atoms with E-state index < -0.39 is 0 Å². The lowest BCUT2D eigenvalue weighted by Gasteiger charge is -2.12. The molecule has 0 unspecified atom stereocenters. The van der Waals surface area contributed by atoms with Gasteiger partial charge in [0, 0.05) is 24.2 Å². The van der Waals surface area contributed by atoms with E-state index in [1.807, 2.05) is 42.6 Å². The van der Waals surface area contributed by atoms with Crippen molar-refractivity contribution in [3.63, 3.8) is 0 Å². The third kappa shape index (κ3) is 4.45. The minimum atomic E-state index is -0.274. The quantitative estimate of drug-likeness (QED) is 0.645. The van der Waals surface area contributed by atoms with Gasteiger partial charge in [0.05, 0.1) is 12.1 Å². The second-order valence-electron chi connectivity index (χ2n) is 5.38. The molecule has 0 saturated carbocycles. The summed E-state index contributed by atoms with van der Waals surface area (Å²) in [6.07, 6.45) is 4.02. The molecule has 0 saturated heterocycles. The third-order valence-corrected chi connectivity index (χ3v) is 4.22. The Morgan fingerprint density at radius 1 is 1.17 bits per heavy atom. The standard InChI is InChI=1S/C18H17N3O2S/c1-13(10-14-6-3-2-4-7-14)23-16(22)11-15-12-24-18(21-15)17-19-8-5-9-20-17/h2-9,12-13H,10-11H2,1H3/t13-/m1/s1. The highest BCUT2D eigenvalue weighted by atomic mass is 32.1. The number of nitrogens with zero attached hydrogens (tertiary/aromatic N) is 3. The van der Waals surface area contributed by atoms with Crippen LogP contribution in [0.1, 0.15) is 18.2 Å². The smallest absolute Gasteiger partial charge is 0.312 e. The topological polar surface area (TPSA) is 65.0 Å². The van der Waals surface area contributed by atoms with E-state index in [9.17, 15) is 4.79 Å². The van der Waals surface area contributed by atoms with Crippen LogP contribution >= 0.6 is 11.3 Å². The molecule has 1 atom stereocenters. The Kier molecular flexibility index (Phi) is 5.28. The number of hydrogen-bond donors (Lipinski definition) is 0. The number of ether oxygens (including phenoxy) is 1. The highest BCUT2D eigenvalue weighted by molar-refractivity contribution is 7.13. The van der Waals surface area contributed by atoms with Crippen LogP contribution in [-0.4, -0.2) is 27.0 Å². The molecule has 0 aliphatic rings. The zero-order valence-electron chi connectivity index (χ0n) is 13.3. The predicted molar refractivity (Wildman–Crippen MR) is 92.5 cm³/mol. The molecule has 6 heteroatoms. The zero-order valence-corrected chi connectivity index (χ0v) is 14.1. The molecule has 3 aromatic rings. The number of aromatic nitrogens is 3. The maximum atomic E-state index is 12.1. The van der Waals surface area contributed by atoms with E-state index >= 15 is 0 Å². The Hall–Kier alpha value is -2.60. The van der Waals surface area contributed by atoms with Crippen LogP contribution in [0.15, 0.2) is 54.2 Å². The first-order chi connectivity index (χ1) is 11.7. The molecular formula is C18H17N3O2S.